The molecule has 9 nitrogen and oxygen atoms in total. The Morgan fingerprint density at radius 3 is 2.73 bits per heavy atom. The van der Waals surface area contributed by atoms with Crippen molar-refractivity contribution in [1.29, 1.82) is 0 Å². The van der Waals surface area contributed by atoms with Crippen molar-refractivity contribution < 1.29 is 22.4 Å². The van der Waals surface area contributed by atoms with Crippen molar-refractivity contribution in [3.8, 4) is 5.88 Å². The van der Waals surface area contributed by atoms with Crippen LogP contribution in [-0.2, 0) is 16.6 Å². The van der Waals surface area contributed by atoms with Crippen LogP contribution < -0.4 is 4.74 Å². The smallest absolute Gasteiger partial charge is 0.257 e. The number of rotatable bonds is 3. The first kappa shape index (κ1) is 18.8. The van der Waals surface area contributed by atoms with Crippen molar-refractivity contribution in [2.75, 3.05) is 13.1 Å². The van der Waals surface area contributed by atoms with E-state index in [4.69, 9.17) is 9.15 Å². The van der Waals surface area contributed by atoms with Crippen LogP contribution in [0.1, 0.15) is 16.1 Å². The molecule has 0 saturated carbocycles. The second kappa shape index (κ2) is 7.22. The zero-order chi connectivity index (χ0) is 20.7. The Balaban J connectivity index is 1.55. The molecule has 1 saturated heterocycles. The Morgan fingerprint density at radius 2 is 1.97 bits per heavy atom. The fourth-order valence-corrected chi connectivity index (χ4v) is 5.53. The molecule has 10 heteroatoms. The fourth-order valence-electron chi connectivity index (χ4n) is 3.85. The van der Waals surface area contributed by atoms with E-state index < -0.39 is 22.2 Å². The number of pyridine rings is 2. The molecule has 0 aromatic carbocycles. The Morgan fingerprint density at radius 1 is 1.10 bits per heavy atom. The number of carbonyl (C=O) groups is 1. The van der Waals surface area contributed by atoms with Crippen molar-refractivity contribution in [2.24, 2.45) is 0 Å². The van der Waals surface area contributed by atoms with Gasteiger partial charge in [-0.1, -0.05) is 6.07 Å². The normalized spacial score (nSPS) is 22.6. The van der Waals surface area contributed by atoms with E-state index in [9.17, 15) is 13.2 Å². The summed E-state index contributed by atoms with van der Waals surface area (Å²) >= 11 is 0. The van der Waals surface area contributed by atoms with Gasteiger partial charge in [-0.25, -0.2) is 13.4 Å². The summed E-state index contributed by atoms with van der Waals surface area (Å²) in [6, 6.07) is 9.39. The first-order valence-corrected chi connectivity index (χ1v) is 10.8. The van der Waals surface area contributed by atoms with E-state index in [2.05, 4.69) is 9.97 Å². The van der Waals surface area contributed by atoms with Crippen LogP contribution in [0.15, 0.2) is 70.6 Å². The standard InChI is InChI=1S/C20H18N4O5S/c25-20(14-6-9-28-13-14)23-11-16-17(12-23)29-19-18(5-3-8-22-19)30(26,27)24(16)10-15-4-1-2-7-21-15/h1-9,13,16-17H,10-12H2. The third-order valence-electron chi connectivity index (χ3n) is 5.29. The van der Waals surface area contributed by atoms with E-state index in [1.807, 2.05) is 0 Å². The molecule has 2 aliphatic rings. The van der Waals surface area contributed by atoms with Gasteiger partial charge in [-0.2, -0.15) is 4.31 Å². The third-order valence-corrected chi connectivity index (χ3v) is 7.18. The molecule has 5 heterocycles. The van der Waals surface area contributed by atoms with Crippen LogP contribution in [0.5, 0.6) is 5.88 Å². The largest absolute Gasteiger partial charge is 0.472 e. The number of amides is 1. The monoisotopic (exact) mass is 426 g/mol. The number of carbonyl (C=O) groups excluding carboxylic acids is 1. The van der Waals surface area contributed by atoms with Gasteiger partial charge in [-0.3, -0.25) is 9.78 Å². The van der Waals surface area contributed by atoms with Crippen LogP contribution in [0.25, 0.3) is 0 Å². The van der Waals surface area contributed by atoms with Gasteiger partial charge in [0.1, 0.15) is 17.3 Å². The number of furan rings is 1. The van der Waals surface area contributed by atoms with Gasteiger partial charge in [0.2, 0.25) is 15.9 Å². The zero-order valence-electron chi connectivity index (χ0n) is 15.8. The van der Waals surface area contributed by atoms with Gasteiger partial charge in [0.25, 0.3) is 5.91 Å². The van der Waals surface area contributed by atoms with Crippen LogP contribution in [0, 0.1) is 0 Å². The van der Waals surface area contributed by atoms with Crippen molar-refractivity contribution >= 4 is 15.9 Å². The van der Waals surface area contributed by atoms with E-state index in [0.717, 1.165) is 0 Å². The minimum Gasteiger partial charge on any atom is -0.472 e. The number of hydrogen-bond donors (Lipinski definition) is 0. The van der Waals surface area contributed by atoms with Crippen molar-refractivity contribution in [3.05, 3.63) is 72.6 Å². The number of ether oxygens (including phenoxy) is 1. The summed E-state index contributed by atoms with van der Waals surface area (Å²) in [4.78, 5) is 22.8. The molecule has 0 N–H and O–H groups in total. The molecule has 0 radical (unpaired) electrons. The van der Waals surface area contributed by atoms with Gasteiger partial charge < -0.3 is 14.1 Å². The molecule has 30 heavy (non-hydrogen) atoms. The molecule has 0 bridgehead atoms. The molecular weight excluding hydrogens is 408 g/mol. The molecule has 3 aromatic rings. The average Bonchev–Trinajstić information content (AvgIpc) is 3.41. The SMILES string of the molecule is O=C(c1ccoc1)N1CC2Oc3ncccc3S(=O)(=O)N(Cc3ccccn3)C2C1. The van der Waals surface area contributed by atoms with Crippen molar-refractivity contribution in [1.82, 2.24) is 19.2 Å². The Labute approximate surface area is 173 Å². The van der Waals surface area contributed by atoms with E-state index in [1.165, 1.54) is 29.1 Å². The number of fused-ring (bicyclic) bond motifs is 2. The molecule has 5 rings (SSSR count). The molecule has 1 amide bonds. The first-order valence-electron chi connectivity index (χ1n) is 9.39. The molecule has 2 atom stereocenters. The highest BCUT2D eigenvalue weighted by atomic mass is 32.2. The van der Waals surface area contributed by atoms with Gasteiger partial charge in [0.05, 0.1) is 36.7 Å². The van der Waals surface area contributed by atoms with Gasteiger partial charge in [0, 0.05) is 18.9 Å². The predicted octanol–water partition coefficient (Wildman–Crippen LogP) is 1.55. The van der Waals surface area contributed by atoms with E-state index in [1.54, 1.807) is 41.4 Å². The number of nitrogens with zero attached hydrogens (tertiary/aromatic N) is 4. The number of aromatic nitrogens is 2. The van der Waals surface area contributed by atoms with Gasteiger partial charge in [-0.05, 0) is 30.3 Å². The molecule has 0 aliphatic carbocycles. The Hall–Kier alpha value is -3.24. The third kappa shape index (κ3) is 3.14. The van der Waals surface area contributed by atoms with Crippen LogP contribution in [0.3, 0.4) is 0 Å². The maximum Gasteiger partial charge on any atom is 0.257 e. The quantitative estimate of drug-likeness (QED) is 0.625. The summed E-state index contributed by atoms with van der Waals surface area (Å²) in [5, 5.41) is 0. The van der Waals surface area contributed by atoms with Crippen LogP contribution in [0.4, 0.5) is 0 Å². The summed E-state index contributed by atoms with van der Waals surface area (Å²) in [5.74, 6) is -0.189. The summed E-state index contributed by atoms with van der Waals surface area (Å²) in [6.45, 7) is 0.490. The highest BCUT2D eigenvalue weighted by molar-refractivity contribution is 7.89. The highest BCUT2D eigenvalue weighted by Gasteiger charge is 2.48. The lowest BCUT2D eigenvalue weighted by molar-refractivity contribution is 0.0769. The summed E-state index contributed by atoms with van der Waals surface area (Å²) < 4.78 is 39.5. The summed E-state index contributed by atoms with van der Waals surface area (Å²) in [6.07, 6.45) is 5.34. The summed E-state index contributed by atoms with van der Waals surface area (Å²) in [5.41, 5.74) is 1.01. The lowest BCUT2D eigenvalue weighted by atomic mass is 10.2. The van der Waals surface area contributed by atoms with Gasteiger partial charge >= 0.3 is 0 Å². The molecule has 1 fully saturated rings. The Bertz CT molecular complexity index is 1170. The van der Waals surface area contributed by atoms with Crippen molar-refractivity contribution in [3.63, 3.8) is 0 Å². The van der Waals surface area contributed by atoms with Crippen molar-refractivity contribution in [2.45, 2.75) is 23.6 Å². The molecule has 2 unspecified atom stereocenters. The maximum atomic E-state index is 13.5. The fraction of sp³-hybridized carbons (Fsp3) is 0.250. The van der Waals surface area contributed by atoms with Crippen LogP contribution in [-0.4, -0.2) is 58.7 Å². The Kier molecular flexibility index (Phi) is 4.52. The van der Waals surface area contributed by atoms with Gasteiger partial charge in [0.15, 0.2) is 0 Å². The molecule has 2 aliphatic heterocycles. The lowest BCUT2D eigenvalue weighted by Gasteiger charge is -2.27. The predicted molar refractivity (Wildman–Crippen MR) is 104 cm³/mol. The second-order valence-corrected chi connectivity index (χ2v) is 8.98. The average molecular weight is 426 g/mol. The minimum absolute atomic E-state index is 0.0167. The topological polar surface area (TPSA) is 106 Å². The maximum absolute atomic E-state index is 13.5. The summed E-state index contributed by atoms with van der Waals surface area (Å²) in [7, 11) is -3.93. The van der Waals surface area contributed by atoms with E-state index >= 15 is 0 Å². The van der Waals surface area contributed by atoms with Crippen LogP contribution in [0.2, 0.25) is 0 Å². The number of hydrogen-bond acceptors (Lipinski definition) is 7. The van der Waals surface area contributed by atoms with Crippen LogP contribution >= 0.6 is 0 Å². The minimum atomic E-state index is -3.93. The van der Waals surface area contributed by atoms with E-state index in [0.29, 0.717) is 11.3 Å². The van der Waals surface area contributed by atoms with Gasteiger partial charge in [-0.15, -0.1) is 0 Å². The molecule has 0 spiro atoms. The zero-order valence-corrected chi connectivity index (χ0v) is 16.6. The van der Waals surface area contributed by atoms with E-state index in [-0.39, 0.29) is 36.3 Å². The number of sulfonamides is 1. The highest BCUT2D eigenvalue weighted by Crippen LogP contribution is 2.35. The molecule has 3 aromatic heterocycles. The number of likely N-dealkylation sites (tertiary alicyclic amines) is 1. The molecule has 154 valence electrons. The molecular formula is C20H18N4O5S. The lowest BCUT2D eigenvalue weighted by Crippen LogP contribution is -2.46. The first-order chi connectivity index (χ1) is 14.5. The second-order valence-electron chi connectivity index (χ2n) is 7.12.